The van der Waals surface area contributed by atoms with Gasteiger partial charge < -0.3 is 9.67 Å². The normalized spacial score (nSPS) is 16.3. The first-order chi connectivity index (χ1) is 10.2. The fourth-order valence-electron chi connectivity index (χ4n) is 2.84. The summed E-state index contributed by atoms with van der Waals surface area (Å²) >= 11 is 0. The molecule has 0 saturated carbocycles. The number of nitrogens with zero attached hydrogens (tertiary/aromatic N) is 2. The van der Waals surface area contributed by atoms with Gasteiger partial charge in [-0.1, -0.05) is 0 Å². The summed E-state index contributed by atoms with van der Waals surface area (Å²) in [5, 5.41) is 8.99. The van der Waals surface area contributed by atoms with Crippen LogP contribution in [-0.2, 0) is 20.0 Å². The average molecular weight is 283 g/mol. The first kappa shape index (κ1) is 13.8. The Balaban J connectivity index is 1.91. The fourth-order valence-corrected chi connectivity index (χ4v) is 2.84. The van der Waals surface area contributed by atoms with Crippen molar-refractivity contribution in [3.05, 3.63) is 59.2 Å². The van der Waals surface area contributed by atoms with E-state index < -0.39 is 0 Å². The second kappa shape index (κ2) is 5.66. The number of aliphatic hydroxyl groups excluding tert-OH is 1. The zero-order valence-electron chi connectivity index (χ0n) is 12.1. The van der Waals surface area contributed by atoms with Crippen molar-refractivity contribution in [2.75, 3.05) is 6.61 Å². The van der Waals surface area contributed by atoms with Crippen LogP contribution in [0.25, 0.3) is 6.08 Å². The molecule has 2 aromatic rings. The highest BCUT2D eigenvalue weighted by molar-refractivity contribution is 6.13. The second-order valence-corrected chi connectivity index (χ2v) is 5.38. The lowest BCUT2D eigenvalue weighted by atomic mass is 9.90. The van der Waals surface area contributed by atoms with Crippen LogP contribution in [0.4, 0.5) is 0 Å². The average Bonchev–Trinajstić information content (AvgIpc) is 2.85. The molecule has 4 nitrogen and oxygen atoms in total. The number of allylic oxidation sites excluding steroid dienone is 1. The molecule has 0 saturated heterocycles. The number of aryl methyl sites for hydroxylation is 1. The van der Waals surface area contributed by atoms with Crippen LogP contribution in [0.1, 0.15) is 28.0 Å². The summed E-state index contributed by atoms with van der Waals surface area (Å²) in [5.41, 5.74) is 3.80. The lowest BCUT2D eigenvalue weighted by molar-refractivity contribution is -0.698. The minimum atomic E-state index is 0.108. The molecule has 1 N–H and O–H groups in total. The maximum Gasteiger partial charge on any atom is 0.190 e. The maximum absolute atomic E-state index is 12.5. The molecule has 1 aliphatic carbocycles. The molecule has 0 amide bonds. The Hall–Kier alpha value is -2.20. The van der Waals surface area contributed by atoms with Crippen LogP contribution in [0.2, 0.25) is 0 Å². The molecule has 0 atom stereocenters. The van der Waals surface area contributed by atoms with Crippen LogP contribution in [0.5, 0.6) is 0 Å². The summed E-state index contributed by atoms with van der Waals surface area (Å²) in [6, 6.07) is 5.82. The van der Waals surface area contributed by atoms with Crippen LogP contribution < -0.4 is 4.57 Å². The van der Waals surface area contributed by atoms with Gasteiger partial charge in [-0.05, 0) is 31.1 Å². The van der Waals surface area contributed by atoms with Crippen molar-refractivity contribution in [1.82, 2.24) is 4.57 Å². The first-order valence-electron chi connectivity index (χ1n) is 7.18. The number of ketones is 1. The molecule has 0 aliphatic heterocycles. The van der Waals surface area contributed by atoms with Gasteiger partial charge >= 0.3 is 0 Å². The minimum absolute atomic E-state index is 0.108. The molecular weight excluding hydrogens is 264 g/mol. The molecule has 0 bridgehead atoms. The van der Waals surface area contributed by atoms with E-state index in [2.05, 4.69) is 0 Å². The molecular formula is C17H19N2O2+. The fraction of sp³-hybridized carbons (Fsp3) is 0.294. The van der Waals surface area contributed by atoms with E-state index in [1.807, 2.05) is 59.0 Å². The molecule has 0 spiro atoms. The van der Waals surface area contributed by atoms with Crippen molar-refractivity contribution in [1.29, 1.82) is 0 Å². The summed E-state index contributed by atoms with van der Waals surface area (Å²) in [6.45, 7) is 0.671. The van der Waals surface area contributed by atoms with Crippen molar-refractivity contribution in [2.45, 2.75) is 19.4 Å². The SMILES string of the molecule is Cn1ccc2c1CC/C(=C\c1ccc[n+](CCO)c1)C2=O. The Labute approximate surface area is 124 Å². The van der Waals surface area contributed by atoms with E-state index in [-0.39, 0.29) is 12.4 Å². The highest BCUT2D eigenvalue weighted by Gasteiger charge is 2.24. The third-order valence-electron chi connectivity index (χ3n) is 3.95. The quantitative estimate of drug-likeness (QED) is 0.686. The van der Waals surface area contributed by atoms with Gasteiger partial charge in [0, 0.05) is 41.7 Å². The van der Waals surface area contributed by atoms with Gasteiger partial charge in [0.1, 0.15) is 6.61 Å². The van der Waals surface area contributed by atoms with Gasteiger partial charge in [0.05, 0.1) is 0 Å². The molecule has 0 aromatic carbocycles. The Kier molecular flexibility index (Phi) is 3.71. The number of hydrogen-bond donors (Lipinski definition) is 1. The standard InChI is InChI=1S/C17H19N2O2/c1-18-8-6-15-16(18)5-4-14(17(15)21)11-13-3-2-7-19(12-13)9-10-20/h2-3,6-8,11-12,20H,4-5,9-10H2,1H3/q+1/b14-11+. The summed E-state index contributed by atoms with van der Waals surface area (Å²) in [4.78, 5) is 12.5. The molecule has 3 rings (SSSR count). The molecule has 4 heteroatoms. The molecule has 108 valence electrons. The lowest BCUT2D eigenvalue weighted by Crippen LogP contribution is -2.34. The number of aromatic nitrogens is 2. The van der Waals surface area contributed by atoms with Gasteiger partial charge in [-0.3, -0.25) is 4.79 Å². The number of aliphatic hydroxyl groups is 1. The maximum atomic E-state index is 12.5. The largest absolute Gasteiger partial charge is 0.390 e. The highest BCUT2D eigenvalue weighted by atomic mass is 16.3. The highest BCUT2D eigenvalue weighted by Crippen LogP contribution is 2.26. The lowest BCUT2D eigenvalue weighted by Gasteiger charge is -2.15. The number of rotatable bonds is 3. The van der Waals surface area contributed by atoms with Crippen LogP contribution in [0.3, 0.4) is 0 Å². The number of carbonyl (C=O) groups excluding carboxylic acids is 1. The van der Waals surface area contributed by atoms with Gasteiger partial charge in [-0.2, -0.15) is 0 Å². The molecule has 2 aromatic heterocycles. The zero-order chi connectivity index (χ0) is 14.8. The van der Waals surface area contributed by atoms with Gasteiger partial charge in [0.25, 0.3) is 0 Å². The molecule has 21 heavy (non-hydrogen) atoms. The molecule has 0 fully saturated rings. The van der Waals surface area contributed by atoms with E-state index in [9.17, 15) is 4.79 Å². The number of hydrogen-bond acceptors (Lipinski definition) is 2. The first-order valence-corrected chi connectivity index (χ1v) is 7.18. The predicted molar refractivity (Wildman–Crippen MR) is 79.8 cm³/mol. The molecule has 1 aliphatic rings. The molecule has 0 radical (unpaired) electrons. The Morgan fingerprint density at radius 2 is 2.24 bits per heavy atom. The third-order valence-corrected chi connectivity index (χ3v) is 3.95. The van der Waals surface area contributed by atoms with Crippen LogP contribution in [-0.4, -0.2) is 22.1 Å². The minimum Gasteiger partial charge on any atom is -0.390 e. The van der Waals surface area contributed by atoms with Crippen molar-refractivity contribution in [2.24, 2.45) is 7.05 Å². The monoisotopic (exact) mass is 283 g/mol. The number of pyridine rings is 1. The Morgan fingerprint density at radius 1 is 1.38 bits per heavy atom. The van der Waals surface area contributed by atoms with Crippen molar-refractivity contribution in [3.8, 4) is 0 Å². The summed E-state index contributed by atoms with van der Waals surface area (Å²) in [6.07, 6.45) is 9.46. The van der Waals surface area contributed by atoms with Crippen LogP contribution in [0.15, 0.2) is 42.4 Å². The van der Waals surface area contributed by atoms with E-state index in [0.29, 0.717) is 6.54 Å². The topological polar surface area (TPSA) is 46.1 Å². The zero-order valence-corrected chi connectivity index (χ0v) is 12.1. The molecule has 0 unspecified atom stereocenters. The van der Waals surface area contributed by atoms with Gasteiger partial charge in [0.2, 0.25) is 0 Å². The van der Waals surface area contributed by atoms with E-state index in [0.717, 1.165) is 35.2 Å². The van der Waals surface area contributed by atoms with E-state index in [4.69, 9.17) is 5.11 Å². The van der Waals surface area contributed by atoms with Crippen LogP contribution in [0, 0.1) is 0 Å². The number of Topliss-reactive ketones (excluding diaryl/α,β-unsaturated/α-hetero) is 1. The summed E-state index contributed by atoms with van der Waals surface area (Å²) in [5.74, 6) is 0.134. The van der Waals surface area contributed by atoms with E-state index in [1.165, 1.54) is 0 Å². The second-order valence-electron chi connectivity index (χ2n) is 5.38. The summed E-state index contributed by atoms with van der Waals surface area (Å²) < 4.78 is 3.95. The van der Waals surface area contributed by atoms with Crippen molar-refractivity contribution < 1.29 is 14.5 Å². The van der Waals surface area contributed by atoms with Crippen molar-refractivity contribution in [3.63, 3.8) is 0 Å². The van der Waals surface area contributed by atoms with Crippen LogP contribution >= 0.6 is 0 Å². The van der Waals surface area contributed by atoms with E-state index in [1.54, 1.807) is 0 Å². The smallest absolute Gasteiger partial charge is 0.190 e. The predicted octanol–water partition coefficient (Wildman–Crippen LogP) is 1.52. The molecule has 2 heterocycles. The number of fused-ring (bicyclic) bond motifs is 1. The number of carbonyl (C=O) groups is 1. The van der Waals surface area contributed by atoms with Crippen molar-refractivity contribution >= 4 is 11.9 Å². The Bertz CT molecular complexity index is 713. The van der Waals surface area contributed by atoms with E-state index >= 15 is 0 Å². The Morgan fingerprint density at radius 3 is 3.05 bits per heavy atom. The third kappa shape index (κ3) is 2.67. The van der Waals surface area contributed by atoms with Gasteiger partial charge in [0.15, 0.2) is 24.7 Å². The summed E-state index contributed by atoms with van der Waals surface area (Å²) in [7, 11) is 1.98. The van der Waals surface area contributed by atoms with Gasteiger partial charge in [-0.25, -0.2) is 4.57 Å². The van der Waals surface area contributed by atoms with Gasteiger partial charge in [-0.15, -0.1) is 0 Å².